The Balaban J connectivity index is 2.08. The molecular weight excluding hydrogens is 314 g/mol. The maximum Gasteiger partial charge on any atom is 0.171 e. The zero-order valence-corrected chi connectivity index (χ0v) is 13.2. The molecule has 1 atom stereocenters. The van der Waals surface area contributed by atoms with Gasteiger partial charge < -0.3 is 15.6 Å². The first-order chi connectivity index (χ1) is 11.1. The van der Waals surface area contributed by atoms with Crippen molar-refractivity contribution in [3.8, 4) is 0 Å². The summed E-state index contributed by atoms with van der Waals surface area (Å²) in [5.74, 6) is -0.878. The SMILES string of the molecule is CC(Sc1nc2c(N)ncnc2n1Cc1ccccc1)C(=O)[O-]. The average Bonchev–Trinajstić information content (AvgIpc) is 2.88. The molecule has 0 aliphatic heterocycles. The Morgan fingerprint density at radius 2 is 2.09 bits per heavy atom. The van der Waals surface area contributed by atoms with Crippen LogP contribution in [-0.2, 0) is 11.3 Å². The fraction of sp³-hybridized carbons (Fsp3) is 0.200. The fourth-order valence-electron chi connectivity index (χ4n) is 2.14. The first-order valence-corrected chi connectivity index (χ1v) is 7.82. The predicted octanol–water partition coefficient (Wildman–Crippen LogP) is 0.687. The number of fused-ring (bicyclic) bond motifs is 1. The number of carboxylic acids is 1. The van der Waals surface area contributed by atoms with Crippen molar-refractivity contribution in [2.45, 2.75) is 23.9 Å². The van der Waals surface area contributed by atoms with Gasteiger partial charge in [-0.2, -0.15) is 0 Å². The molecule has 0 aliphatic carbocycles. The van der Waals surface area contributed by atoms with Crippen LogP contribution in [0.2, 0.25) is 0 Å². The summed E-state index contributed by atoms with van der Waals surface area (Å²) in [7, 11) is 0. The Labute approximate surface area is 136 Å². The minimum Gasteiger partial charge on any atom is -0.549 e. The highest BCUT2D eigenvalue weighted by Gasteiger charge is 2.18. The highest BCUT2D eigenvalue weighted by Crippen LogP contribution is 2.28. The van der Waals surface area contributed by atoms with Gasteiger partial charge in [0.25, 0.3) is 0 Å². The molecule has 2 N–H and O–H groups in total. The third kappa shape index (κ3) is 3.11. The van der Waals surface area contributed by atoms with E-state index in [9.17, 15) is 9.90 Å². The number of nitrogens with two attached hydrogens (primary N) is 1. The Morgan fingerprint density at radius 1 is 1.35 bits per heavy atom. The summed E-state index contributed by atoms with van der Waals surface area (Å²) >= 11 is 1.10. The van der Waals surface area contributed by atoms with Gasteiger partial charge in [-0.1, -0.05) is 42.1 Å². The van der Waals surface area contributed by atoms with Crippen molar-refractivity contribution in [2.24, 2.45) is 0 Å². The quantitative estimate of drug-likeness (QED) is 0.686. The molecule has 23 heavy (non-hydrogen) atoms. The molecule has 7 nitrogen and oxygen atoms in total. The molecule has 2 heterocycles. The fourth-order valence-corrected chi connectivity index (χ4v) is 2.97. The number of hydrogen-bond acceptors (Lipinski definition) is 7. The van der Waals surface area contributed by atoms with Crippen LogP contribution in [0.4, 0.5) is 5.82 Å². The number of nitrogen functional groups attached to an aromatic ring is 1. The van der Waals surface area contributed by atoms with E-state index in [4.69, 9.17) is 5.73 Å². The largest absolute Gasteiger partial charge is 0.549 e. The van der Waals surface area contributed by atoms with Gasteiger partial charge in [-0.15, -0.1) is 0 Å². The van der Waals surface area contributed by atoms with Gasteiger partial charge in [0.05, 0.1) is 12.5 Å². The van der Waals surface area contributed by atoms with Crippen molar-refractivity contribution in [1.82, 2.24) is 19.5 Å². The maximum absolute atomic E-state index is 11.0. The van der Waals surface area contributed by atoms with Crippen LogP contribution in [0.1, 0.15) is 12.5 Å². The topological polar surface area (TPSA) is 110 Å². The van der Waals surface area contributed by atoms with E-state index in [0.29, 0.717) is 22.9 Å². The standard InChI is InChI=1S/C15H15N5O2S/c1-9(14(21)22)23-15-19-11-12(16)17-8-18-13(11)20(15)7-10-5-3-2-4-6-10/h2-6,8-9H,7H2,1H3,(H,21,22)(H2,16,17,18)/p-1. The van der Waals surface area contributed by atoms with E-state index in [2.05, 4.69) is 15.0 Å². The Kier molecular flexibility index (Phi) is 4.16. The average molecular weight is 328 g/mol. The highest BCUT2D eigenvalue weighted by molar-refractivity contribution is 8.00. The van der Waals surface area contributed by atoms with E-state index < -0.39 is 11.2 Å². The maximum atomic E-state index is 11.0. The number of benzene rings is 1. The summed E-state index contributed by atoms with van der Waals surface area (Å²) < 4.78 is 1.84. The summed E-state index contributed by atoms with van der Waals surface area (Å²) in [5.41, 5.74) is 7.95. The molecule has 2 aromatic heterocycles. The van der Waals surface area contributed by atoms with Crippen LogP contribution in [0.15, 0.2) is 41.8 Å². The second-order valence-electron chi connectivity index (χ2n) is 4.98. The molecule has 0 saturated carbocycles. The molecule has 0 saturated heterocycles. The first kappa shape index (κ1) is 15.3. The lowest BCUT2D eigenvalue weighted by atomic mass is 10.2. The van der Waals surface area contributed by atoms with E-state index in [1.165, 1.54) is 6.33 Å². The van der Waals surface area contributed by atoms with Crippen LogP contribution in [0.25, 0.3) is 11.2 Å². The number of aliphatic carboxylic acids is 1. The van der Waals surface area contributed by atoms with Crippen molar-refractivity contribution in [3.63, 3.8) is 0 Å². The lowest BCUT2D eigenvalue weighted by molar-refractivity contribution is -0.304. The number of nitrogens with zero attached hydrogens (tertiary/aromatic N) is 4. The van der Waals surface area contributed by atoms with Crippen LogP contribution in [0, 0.1) is 0 Å². The van der Waals surface area contributed by atoms with Crippen LogP contribution >= 0.6 is 11.8 Å². The molecule has 118 valence electrons. The monoisotopic (exact) mass is 328 g/mol. The van der Waals surface area contributed by atoms with Crippen LogP contribution in [0.5, 0.6) is 0 Å². The van der Waals surface area contributed by atoms with E-state index in [1.54, 1.807) is 6.92 Å². The number of thioether (sulfide) groups is 1. The highest BCUT2D eigenvalue weighted by atomic mass is 32.2. The van der Waals surface area contributed by atoms with Crippen LogP contribution < -0.4 is 10.8 Å². The van der Waals surface area contributed by atoms with Gasteiger partial charge in [-0.3, -0.25) is 4.57 Å². The van der Waals surface area contributed by atoms with Crippen LogP contribution in [0.3, 0.4) is 0 Å². The molecule has 1 unspecified atom stereocenters. The third-order valence-corrected chi connectivity index (χ3v) is 4.39. The number of hydrogen-bond donors (Lipinski definition) is 1. The zero-order chi connectivity index (χ0) is 16.4. The number of anilines is 1. The molecule has 1 aromatic carbocycles. The molecule has 0 bridgehead atoms. The van der Waals surface area contributed by atoms with Crippen molar-refractivity contribution in [3.05, 3.63) is 42.2 Å². The Morgan fingerprint density at radius 3 is 2.78 bits per heavy atom. The summed E-state index contributed by atoms with van der Waals surface area (Å²) in [6, 6.07) is 9.77. The van der Waals surface area contributed by atoms with Gasteiger partial charge in [0.2, 0.25) is 0 Å². The molecule has 8 heteroatoms. The number of carbonyl (C=O) groups excluding carboxylic acids is 1. The summed E-state index contributed by atoms with van der Waals surface area (Å²) in [4.78, 5) is 23.6. The van der Waals surface area contributed by atoms with Gasteiger partial charge in [0, 0.05) is 5.25 Å². The second-order valence-corrected chi connectivity index (χ2v) is 6.28. The minimum absolute atomic E-state index is 0.268. The van der Waals surface area contributed by atoms with Crippen molar-refractivity contribution in [1.29, 1.82) is 0 Å². The van der Waals surface area contributed by atoms with Gasteiger partial charge in [-0.25, -0.2) is 15.0 Å². The third-order valence-electron chi connectivity index (χ3n) is 3.32. The Bertz CT molecular complexity index is 850. The van der Waals surface area contributed by atoms with Crippen molar-refractivity contribution < 1.29 is 9.90 Å². The molecular formula is C15H14N5O2S-. The molecule has 0 spiro atoms. The minimum atomic E-state index is -1.15. The van der Waals surface area contributed by atoms with E-state index in [1.807, 2.05) is 34.9 Å². The lowest BCUT2D eigenvalue weighted by Crippen LogP contribution is -2.31. The van der Waals surface area contributed by atoms with Gasteiger partial charge in [-0.05, 0) is 12.5 Å². The van der Waals surface area contributed by atoms with Gasteiger partial charge in [0.15, 0.2) is 22.1 Å². The van der Waals surface area contributed by atoms with E-state index in [-0.39, 0.29) is 5.82 Å². The molecule has 0 amide bonds. The number of carboxylic acid groups (broad SMARTS) is 1. The number of carbonyl (C=O) groups is 1. The van der Waals surface area contributed by atoms with Gasteiger partial charge in [0.1, 0.15) is 6.33 Å². The number of imidazole rings is 1. The first-order valence-electron chi connectivity index (χ1n) is 6.94. The second kappa shape index (κ2) is 6.25. The zero-order valence-electron chi connectivity index (χ0n) is 12.3. The molecule has 0 radical (unpaired) electrons. The van der Waals surface area contributed by atoms with Crippen LogP contribution in [-0.4, -0.2) is 30.7 Å². The summed E-state index contributed by atoms with van der Waals surface area (Å²) in [5, 5.41) is 10.8. The van der Waals surface area contributed by atoms with Crippen molar-refractivity contribution in [2.75, 3.05) is 5.73 Å². The smallest absolute Gasteiger partial charge is 0.171 e. The van der Waals surface area contributed by atoms with Gasteiger partial charge >= 0.3 is 0 Å². The normalized spacial score (nSPS) is 12.4. The summed E-state index contributed by atoms with van der Waals surface area (Å²) in [6.07, 6.45) is 1.37. The summed E-state index contributed by atoms with van der Waals surface area (Å²) in [6.45, 7) is 2.07. The predicted molar refractivity (Wildman–Crippen MR) is 85.6 cm³/mol. The molecule has 3 rings (SSSR count). The molecule has 0 aliphatic rings. The Hall–Kier alpha value is -2.61. The molecule has 0 fully saturated rings. The van der Waals surface area contributed by atoms with Crippen molar-refractivity contribution >= 4 is 34.7 Å². The van der Waals surface area contributed by atoms with E-state index in [0.717, 1.165) is 17.3 Å². The number of rotatable bonds is 5. The number of aromatic nitrogens is 4. The van der Waals surface area contributed by atoms with E-state index >= 15 is 0 Å². The molecule has 3 aromatic rings. The lowest BCUT2D eigenvalue weighted by Gasteiger charge is -2.13.